The number of nitrogens with zero attached hydrogens (tertiary/aromatic N) is 1. The summed E-state index contributed by atoms with van der Waals surface area (Å²) in [6, 6.07) is 3.92. The molecule has 0 radical (unpaired) electrons. The van der Waals surface area contributed by atoms with Crippen molar-refractivity contribution in [1.82, 2.24) is 10.6 Å². The zero-order valence-electron chi connectivity index (χ0n) is 13.6. The first-order chi connectivity index (χ1) is 10.9. The van der Waals surface area contributed by atoms with Gasteiger partial charge in [0, 0.05) is 33.2 Å². The molecule has 0 aromatic carbocycles. The summed E-state index contributed by atoms with van der Waals surface area (Å²) in [4.78, 5) is 4.75. The number of rotatable bonds is 8. The fourth-order valence-corrected chi connectivity index (χ4v) is 2.79. The normalized spacial score (nSPS) is 16.7. The van der Waals surface area contributed by atoms with Crippen molar-refractivity contribution in [3.05, 3.63) is 24.2 Å². The van der Waals surface area contributed by atoms with Crippen LogP contribution in [-0.2, 0) is 11.2 Å². The summed E-state index contributed by atoms with van der Waals surface area (Å²) in [6.45, 7) is 3.19. The third kappa shape index (κ3) is 6.52. The number of hydrogen-bond acceptors (Lipinski definition) is 3. The van der Waals surface area contributed by atoms with Crippen molar-refractivity contribution in [3.63, 3.8) is 0 Å². The highest BCUT2D eigenvalue weighted by molar-refractivity contribution is 5.79. The molecule has 124 valence electrons. The van der Waals surface area contributed by atoms with Gasteiger partial charge >= 0.3 is 0 Å². The van der Waals surface area contributed by atoms with Crippen molar-refractivity contribution in [2.75, 3.05) is 33.4 Å². The van der Waals surface area contributed by atoms with Crippen LogP contribution >= 0.6 is 0 Å². The van der Waals surface area contributed by atoms with Crippen LogP contribution in [-0.4, -0.2) is 39.3 Å². The van der Waals surface area contributed by atoms with Gasteiger partial charge in [-0.25, -0.2) is 0 Å². The highest BCUT2D eigenvalue weighted by Gasteiger charge is 2.13. The summed E-state index contributed by atoms with van der Waals surface area (Å²) < 4.78 is 10.4. The van der Waals surface area contributed by atoms with E-state index in [1.54, 1.807) is 13.4 Å². The van der Waals surface area contributed by atoms with E-state index in [-0.39, 0.29) is 0 Å². The van der Waals surface area contributed by atoms with E-state index in [0.29, 0.717) is 6.61 Å². The number of hydrogen-bond donors (Lipinski definition) is 2. The van der Waals surface area contributed by atoms with Crippen LogP contribution < -0.4 is 10.6 Å². The van der Waals surface area contributed by atoms with Gasteiger partial charge in [-0.1, -0.05) is 19.3 Å². The van der Waals surface area contributed by atoms with Crippen LogP contribution in [0, 0.1) is 5.92 Å². The zero-order valence-corrected chi connectivity index (χ0v) is 13.6. The SMILES string of the molecule is COCCNC(=NCC1CCCCC1)NCCc1ccco1. The Labute approximate surface area is 133 Å². The van der Waals surface area contributed by atoms with E-state index in [0.717, 1.165) is 43.7 Å². The maximum Gasteiger partial charge on any atom is 0.191 e. The Hall–Kier alpha value is -1.49. The molecule has 1 saturated carbocycles. The van der Waals surface area contributed by atoms with Crippen LogP contribution in [0.5, 0.6) is 0 Å². The number of guanidine groups is 1. The first kappa shape index (κ1) is 16.9. The van der Waals surface area contributed by atoms with Gasteiger partial charge in [-0.05, 0) is 30.9 Å². The molecular weight excluding hydrogens is 278 g/mol. The Kier molecular flexibility index (Phi) is 7.88. The molecule has 0 amide bonds. The molecule has 5 nitrogen and oxygen atoms in total. The average Bonchev–Trinajstić information content (AvgIpc) is 3.06. The third-order valence-corrected chi connectivity index (χ3v) is 4.07. The number of furan rings is 1. The topological polar surface area (TPSA) is 58.8 Å². The second-order valence-corrected chi connectivity index (χ2v) is 5.87. The van der Waals surface area contributed by atoms with Crippen LogP contribution in [0.2, 0.25) is 0 Å². The average molecular weight is 307 g/mol. The fourth-order valence-electron chi connectivity index (χ4n) is 2.79. The second kappa shape index (κ2) is 10.3. The van der Waals surface area contributed by atoms with Gasteiger partial charge in [-0.3, -0.25) is 4.99 Å². The zero-order chi connectivity index (χ0) is 15.5. The molecule has 0 bridgehead atoms. The van der Waals surface area contributed by atoms with Gasteiger partial charge in [0.05, 0.1) is 12.9 Å². The summed E-state index contributed by atoms with van der Waals surface area (Å²) in [7, 11) is 1.71. The van der Waals surface area contributed by atoms with E-state index >= 15 is 0 Å². The lowest BCUT2D eigenvalue weighted by Crippen LogP contribution is -2.40. The van der Waals surface area contributed by atoms with Gasteiger partial charge in [0.25, 0.3) is 0 Å². The maximum absolute atomic E-state index is 5.35. The number of aliphatic imine (C=N–C) groups is 1. The minimum absolute atomic E-state index is 0.683. The van der Waals surface area contributed by atoms with E-state index in [9.17, 15) is 0 Å². The molecule has 1 aliphatic rings. The minimum atomic E-state index is 0.683. The molecule has 0 saturated heterocycles. The molecule has 0 unspecified atom stereocenters. The smallest absolute Gasteiger partial charge is 0.191 e. The Morgan fingerprint density at radius 3 is 2.82 bits per heavy atom. The molecule has 1 aliphatic carbocycles. The molecule has 22 heavy (non-hydrogen) atoms. The molecule has 1 aromatic rings. The highest BCUT2D eigenvalue weighted by Crippen LogP contribution is 2.23. The molecule has 0 aliphatic heterocycles. The summed E-state index contributed by atoms with van der Waals surface area (Å²) in [5, 5.41) is 6.70. The van der Waals surface area contributed by atoms with E-state index in [1.807, 2.05) is 12.1 Å². The lowest BCUT2D eigenvalue weighted by molar-refractivity contribution is 0.203. The molecule has 2 rings (SSSR count). The van der Waals surface area contributed by atoms with Crippen LogP contribution in [0.1, 0.15) is 37.9 Å². The van der Waals surface area contributed by atoms with Crippen LogP contribution in [0.3, 0.4) is 0 Å². The molecular formula is C17H29N3O2. The first-order valence-electron chi connectivity index (χ1n) is 8.42. The van der Waals surface area contributed by atoms with Crippen molar-refractivity contribution in [2.24, 2.45) is 10.9 Å². The first-order valence-corrected chi connectivity index (χ1v) is 8.42. The Morgan fingerprint density at radius 1 is 1.27 bits per heavy atom. The van der Waals surface area contributed by atoms with Gasteiger partial charge in [0.15, 0.2) is 5.96 Å². The Bertz CT molecular complexity index is 412. The van der Waals surface area contributed by atoms with E-state index < -0.39 is 0 Å². The predicted octanol–water partition coefficient (Wildman–Crippen LogP) is 2.58. The van der Waals surface area contributed by atoms with Crippen molar-refractivity contribution in [3.8, 4) is 0 Å². The molecule has 2 N–H and O–H groups in total. The predicted molar refractivity (Wildman–Crippen MR) is 89.2 cm³/mol. The van der Waals surface area contributed by atoms with Crippen molar-refractivity contribution < 1.29 is 9.15 Å². The van der Waals surface area contributed by atoms with Crippen LogP contribution in [0.25, 0.3) is 0 Å². The number of methoxy groups -OCH3 is 1. The maximum atomic E-state index is 5.35. The second-order valence-electron chi connectivity index (χ2n) is 5.87. The van der Waals surface area contributed by atoms with E-state index in [4.69, 9.17) is 14.1 Å². The van der Waals surface area contributed by atoms with Gasteiger partial charge in [-0.15, -0.1) is 0 Å². The summed E-state index contributed by atoms with van der Waals surface area (Å²) in [6.07, 6.45) is 9.33. The molecule has 5 heteroatoms. The van der Waals surface area contributed by atoms with Crippen molar-refractivity contribution >= 4 is 5.96 Å². The standard InChI is InChI=1S/C17H29N3O2/c1-21-13-11-19-17(18-10-9-16-8-5-12-22-16)20-14-15-6-3-2-4-7-15/h5,8,12,15H,2-4,6-7,9-11,13-14H2,1H3,(H2,18,19,20). The van der Waals surface area contributed by atoms with Gasteiger partial charge < -0.3 is 19.8 Å². The molecule has 1 aromatic heterocycles. The summed E-state index contributed by atoms with van der Waals surface area (Å²) >= 11 is 0. The number of ether oxygens (including phenoxy) is 1. The molecule has 0 spiro atoms. The van der Waals surface area contributed by atoms with Gasteiger partial charge in [-0.2, -0.15) is 0 Å². The molecule has 1 heterocycles. The third-order valence-electron chi connectivity index (χ3n) is 4.07. The van der Waals surface area contributed by atoms with E-state index in [2.05, 4.69) is 10.6 Å². The van der Waals surface area contributed by atoms with Crippen LogP contribution in [0.4, 0.5) is 0 Å². The van der Waals surface area contributed by atoms with Crippen molar-refractivity contribution in [2.45, 2.75) is 38.5 Å². The summed E-state index contributed by atoms with van der Waals surface area (Å²) in [5.74, 6) is 2.63. The van der Waals surface area contributed by atoms with E-state index in [1.165, 1.54) is 32.1 Å². The quantitative estimate of drug-likeness (QED) is 0.440. The monoisotopic (exact) mass is 307 g/mol. The largest absolute Gasteiger partial charge is 0.469 e. The minimum Gasteiger partial charge on any atom is -0.469 e. The molecule has 0 atom stereocenters. The van der Waals surface area contributed by atoms with Crippen LogP contribution in [0.15, 0.2) is 27.8 Å². The highest BCUT2D eigenvalue weighted by atomic mass is 16.5. The Balaban J connectivity index is 1.75. The summed E-state index contributed by atoms with van der Waals surface area (Å²) in [5.41, 5.74) is 0. The van der Waals surface area contributed by atoms with Gasteiger partial charge in [0.2, 0.25) is 0 Å². The lowest BCUT2D eigenvalue weighted by atomic mass is 9.89. The van der Waals surface area contributed by atoms with Gasteiger partial charge in [0.1, 0.15) is 5.76 Å². The Morgan fingerprint density at radius 2 is 2.09 bits per heavy atom. The molecule has 1 fully saturated rings. The van der Waals surface area contributed by atoms with Crippen molar-refractivity contribution in [1.29, 1.82) is 0 Å². The fraction of sp³-hybridized carbons (Fsp3) is 0.706. The number of nitrogens with one attached hydrogen (secondary N) is 2. The lowest BCUT2D eigenvalue weighted by Gasteiger charge is -2.20.